The van der Waals surface area contributed by atoms with E-state index >= 15 is 0 Å². The number of aryl methyl sites for hydroxylation is 1. The second-order valence-corrected chi connectivity index (χ2v) is 9.95. The standard InChI is InChI=1S/C26H29F2N7O2/c1-26(2,37)24(36)21-11-20-22(13-29-21)31-23(17-12-30-33(3)14-17)25(32-20)35-8-6-34(7-9-35)15-16-4-5-18(27)10-19(16)28/h4-5,10-14,24,36-37H,6-9,15H2,1-3H3/t24-/m1/s1. The number of nitrogens with zero attached hydrogens (tertiary/aromatic N) is 7. The molecule has 11 heteroatoms. The molecule has 1 saturated heterocycles. The molecule has 2 N–H and O–H groups in total. The van der Waals surface area contributed by atoms with Crippen molar-refractivity contribution in [3.63, 3.8) is 0 Å². The molecule has 0 aliphatic carbocycles. The highest BCUT2D eigenvalue weighted by atomic mass is 19.1. The normalized spacial score (nSPS) is 15.9. The summed E-state index contributed by atoms with van der Waals surface area (Å²) >= 11 is 0. The van der Waals surface area contributed by atoms with Gasteiger partial charge >= 0.3 is 0 Å². The maximum atomic E-state index is 14.2. The van der Waals surface area contributed by atoms with Crippen molar-refractivity contribution in [3.05, 3.63) is 65.7 Å². The first kappa shape index (κ1) is 25.1. The summed E-state index contributed by atoms with van der Waals surface area (Å²) in [5.74, 6) is -0.459. The van der Waals surface area contributed by atoms with Crippen molar-refractivity contribution in [1.29, 1.82) is 0 Å². The smallest absolute Gasteiger partial charge is 0.156 e. The molecular weight excluding hydrogens is 480 g/mol. The summed E-state index contributed by atoms with van der Waals surface area (Å²) in [5.41, 5.74) is 1.97. The number of rotatable bonds is 6. The van der Waals surface area contributed by atoms with Crippen LogP contribution in [0, 0.1) is 11.6 Å². The second kappa shape index (κ2) is 9.73. The van der Waals surface area contributed by atoms with Gasteiger partial charge in [0.2, 0.25) is 0 Å². The molecule has 0 bridgehead atoms. The van der Waals surface area contributed by atoms with Crippen molar-refractivity contribution >= 4 is 16.9 Å². The van der Waals surface area contributed by atoms with Crippen LogP contribution in [0.25, 0.3) is 22.3 Å². The van der Waals surface area contributed by atoms with Gasteiger partial charge in [0.1, 0.15) is 28.9 Å². The van der Waals surface area contributed by atoms with E-state index in [4.69, 9.17) is 9.97 Å². The number of anilines is 1. The number of hydrogen-bond acceptors (Lipinski definition) is 8. The second-order valence-electron chi connectivity index (χ2n) is 9.95. The maximum absolute atomic E-state index is 14.2. The average Bonchev–Trinajstić information content (AvgIpc) is 3.30. The molecule has 5 rings (SSSR count). The van der Waals surface area contributed by atoms with Crippen molar-refractivity contribution in [2.75, 3.05) is 31.1 Å². The third-order valence-electron chi connectivity index (χ3n) is 6.56. The first-order chi connectivity index (χ1) is 17.6. The van der Waals surface area contributed by atoms with Gasteiger partial charge in [0.15, 0.2) is 5.82 Å². The molecule has 1 aliphatic rings. The Balaban J connectivity index is 1.45. The number of fused-ring (bicyclic) bond motifs is 1. The van der Waals surface area contributed by atoms with E-state index < -0.39 is 23.3 Å². The van der Waals surface area contributed by atoms with E-state index in [9.17, 15) is 19.0 Å². The summed E-state index contributed by atoms with van der Waals surface area (Å²) in [5, 5.41) is 25.0. The number of pyridine rings is 1. The predicted octanol–water partition coefficient (Wildman–Crippen LogP) is 2.83. The lowest BCUT2D eigenvalue weighted by atomic mass is 9.98. The van der Waals surface area contributed by atoms with E-state index in [0.29, 0.717) is 66.5 Å². The number of aliphatic hydroxyl groups excluding tert-OH is 1. The van der Waals surface area contributed by atoms with E-state index in [1.165, 1.54) is 26.0 Å². The van der Waals surface area contributed by atoms with Crippen LogP contribution in [0.4, 0.5) is 14.6 Å². The van der Waals surface area contributed by atoms with E-state index in [1.54, 1.807) is 23.1 Å². The Hall–Kier alpha value is -3.54. The topological polar surface area (TPSA) is 103 Å². The molecule has 0 radical (unpaired) electrons. The van der Waals surface area contributed by atoms with Gasteiger partial charge in [-0.3, -0.25) is 14.6 Å². The molecule has 1 fully saturated rings. The van der Waals surface area contributed by atoms with E-state index in [1.807, 2.05) is 13.2 Å². The Bertz CT molecular complexity index is 1430. The summed E-state index contributed by atoms with van der Waals surface area (Å²) in [6, 6.07) is 5.32. The molecule has 194 valence electrons. The minimum absolute atomic E-state index is 0.306. The van der Waals surface area contributed by atoms with Crippen LogP contribution in [-0.4, -0.2) is 71.6 Å². The lowest BCUT2D eigenvalue weighted by Gasteiger charge is -2.36. The van der Waals surface area contributed by atoms with Gasteiger partial charge in [0.25, 0.3) is 0 Å². The Morgan fingerprint density at radius 1 is 1.03 bits per heavy atom. The SMILES string of the molecule is Cn1cc(-c2nc3cnc([C@@H](O)C(C)(C)O)cc3nc2N2CCN(Cc3ccc(F)cc3F)CC2)cn1. The van der Waals surface area contributed by atoms with E-state index in [2.05, 4.69) is 19.9 Å². The van der Waals surface area contributed by atoms with Crippen LogP contribution in [0.2, 0.25) is 0 Å². The minimum Gasteiger partial charge on any atom is -0.387 e. The molecule has 0 spiro atoms. The van der Waals surface area contributed by atoms with Gasteiger partial charge in [-0.1, -0.05) is 6.07 Å². The fourth-order valence-electron chi connectivity index (χ4n) is 4.44. The first-order valence-electron chi connectivity index (χ1n) is 12.1. The molecule has 0 unspecified atom stereocenters. The van der Waals surface area contributed by atoms with Crippen molar-refractivity contribution < 1.29 is 19.0 Å². The molecule has 9 nitrogen and oxygen atoms in total. The number of halogens is 2. The minimum atomic E-state index is -1.37. The van der Waals surface area contributed by atoms with Gasteiger partial charge in [-0.05, 0) is 26.0 Å². The Morgan fingerprint density at radius 3 is 2.43 bits per heavy atom. The molecule has 1 atom stereocenters. The van der Waals surface area contributed by atoms with Crippen LogP contribution >= 0.6 is 0 Å². The zero-order chi connectivity index (χ0) is 26.3. The molecule has 4 aromatic rings. The van der Waals surface area contributed by atoms with Crippen LogP contribution in [0.15, 0.2) is 42.9 Å². The Morgan fingerprint density at radius 2 is 1.78 bits per heavy atom. The summed E-state index contributed by atoms with van der Waals surface area (Å²) in [7, 11) is 1.83. The summed E-state index contributed by atoms with van der Waals surface area (Å²) < 4.78 is 29.1. The quantitative estimate of drug-likeness (QED) is 0.409. The van der Waals surface area contributed by atoms with Crippen LogP contribution in [0.5, 0.6) is 0 Å². The fraction of sp³-hybridized carbons (Fsp3) is 0.385. The summed E-state index contributed by atoms with van der Waals surface area (Å²) in [6.07, 6.45) is 3.96. The highest BCUT2D eigenvalue weighted by Gasteiger charge is 2.28. The van der Waals surface area contributed by atoms with Crippen molar-refractivity contribution in [2.24, 2.45) is 7.05 Å². The van der Waals surface area contributed by atoms with Gasteiger partial charge in [0.05, 0.1) is 29.2 Å². The number of benzene rings is 1. The molecule has 0 saturated carbocycles. The highest BCUT2D eigenvalue weighted by Crippen LogP contribution is 2.32. The number of aromatic nitrogens is 5. The molecule has 0 amide bonds. The number of piperazine rings is 1. The zero-order valence-electron chi connectivity index (χ0n) is 20.9. The van der Waals surface area contributed by atoms with Gasteiger partial charge in [-0.15, -0.1) is 0 Å². The third kappa shape index (κ3) is 5.29. The van der Waals surface area contributed by atoms with Crippen LogP contribution in [0.3, 0.4) is 0 Å². The van der Waals surface area contributed by atoms with E-state index in [-0.39, 0.29) is 0 Å². The van der Waals surface area contributed by atoms with E-state index in [0.717, 1.165) is 11.6 Å². The highest BCUT2D eigenvalue weighted by molar-refractivity contribution is 5.83. The molecule has 1 aromatic carbocycles. The number of aliphatic hydroxyl groups is 2. The summed E-state index contributed by atoms with van der Waals surface area (Å²) in [6.45, 7) is 5.99. The molecule has 4 heterocycles. The zero-order valence-corrected chi connectivity index (χ0v) is 20.9. The largest absolute Gasteiger partial charge is 0.387 e. The van der Waals surface area contributed by atoms with Gasteiger partial charge in [-0.25, -0.2) is 18.7 Å². The monoisotopic (exact) mass is 509 g/mol. The van der Waals surface area contributed by atoms with Crippen LogP contribution in [0.1, 0.15) is 31.2 Å². The van der Waals surface area contributed by atoms with Crippen molar-refractivity contribution in [1.82, 2.24) is 29.6 Å². The lowest BCUT2D eigenvalue weighted by molar-refractivity contribution is -0.0516. The number of hydrogen-bond donors (Lipinski definition) is 2. The van der Waals surface area contributed by atoms with Crippen LogP contribution in [-0.2, 0) is 13.6 Å². The lowest BCUT2D eigenvalue weighted by Crippen LogP contribution is -2.46. The first-order valence-corrected chi connectivity index (χ1v) is 12.1. The maximum Gasteiger partial charge on any atom is 0.156 e. The molecule has 37 heavy (non-hydrogen) atoms. The molecular formula is C26H29F2N7O2. The molecule has 1 aliphatic heterocycles. The Kier molecular flexibility index (Phi) is 6.61. The molecule has 3 aromatic heterocycles. The van der Waals surface area contributed by atoms with Gasteiger partial charge < -0.3 is 15.1 Å². The van der Waals surface area contributed by atoms with Crippen molar-refractivity contribution in [2.45, 2.75) is 32.1 Å². The average molecular weight is 510 g/mol. The predicted molar refractivity (Wildman–Crippen MR) is 135 cm³/mol. The van der Waals surface area contributed by atoms with Crippen molar-refractivity contribution in [3.8, 4) is 11.3 Å². The fourth-order valence-corrected chi connectivity index (χ4v) is 4.44. The van der Waals surface area contributed by atoms with Gasteiger partial charge in [0, 0.05) is 63.2 Å². The van der Waals surface area contributed by atoms with Gasteiger partial charge in [-0.2, -0.15) is 5.10 Å². The summed E-state index contributed by atoms with van der Waals surface area (Å²) in [4.78, 5) is 18.3. The third-order valence-corrected chi connectivity index (χ3v) is 6.56. The Labute approximate surface area is 213 Å². The van der Waals surface area contributed by atoms with Crippen LogP contribution < -0.4 is 4.90 Å².